The second-order valence-electron chi connectivity index (χ2n) is 10.5. The number of phenols is 1. The highest BCUT2D eigenvalue weighted by Gasteiger charge is 2.56. The fourth-order valence-corrected chi connectivity index (χ4v) is 6.47. The summed E-state index contributed by atoms with van der Waals surface area (Å²) in [5.74, 6) is -0.896. The number of fused-ring (bicyclic) bond motifs is 3. The summed E-state index contributed by atoms with van der Waals surface area (Å²) in [6.45, 7) is 2.13. The van der Waals surface area contributed by atoms with Gasteiger partial charge >= 0.3 is 7.12 Å². The van der Waals surface area contributed by atoms with Crippen molar-refractivity contribution in [3.05, 3.63) is 76.9 Å². The van der Waals surface area contributed by atoms with Crippen LogP contribution in [0.1, 0.15) is 50.2 Å². The molecule has 0 unspecified atom stereocenters. The maximum absolute atomic E-state index is 13.1. The smallest absolute Gasteiger partial charge is 0.455 e. The number of carbonyl (C=O) groups is 2. The van der Waals surface area contributed by atoms with E-state index in [9.17, 15) is 19.7 Å². The standard InChI is InChI=1S/C30H34BNO5/c1-3-7-22-17-24-28(30(35)32(2)29(24)34)25-18-31(36)37-26(27(22)25)15-12-21(20-8-5-4-6-9-20)16-19-10-13-23(33)14-11-19/h4-6,8-11,13-14,16,24-26,28,33,36H,3,7,12,15,17-18H2,1-2H3/b21-16-/t24-,25+,26-,28-/m1/s1. The van der Waals surface area contributed by atoms with E-state index in [1.807, 2.05) is 30.3 Å². The summed E-state index contributed by atoms with van der Waals surface area (Å²) < 4.78 is 6.15. The Morgan fingerprint density at radius 3 is 2.51 bits per heavy atom. The van der Waals surface area contributed by atoms with E-state index >= 15 is 0 Å². The van der Waals surface area contributed by atoms with Crippen molar-refractivity contribution in [1.82, 2.24) is 4.90 Å². The van der Waals surface area contributed by atoms with Crippen LogP contribution in [0.15, 0.2) is 65.7 Å². The molecule has 3 aliphatic rings. The summed E-state index contributed by atoms with van der Waals surface area (Å²) in [6.07, 6.45) is 5.95. The van der Waals surface area contributed by atoms with Gasteiger partial charge in [0.1, 0.15) is 5.75 Å². The third-order valence-electron chi connectivity index (χ3n) is 8.13. The number of hydrogen-bond donors (Lipinski definition) is 2. The van der Waals surface area contributed by atoms with Crippen LogP contribution in [0.25, 0.3) is 11.6 Å². The number of hydrogen-bond acceptors (Lipinski definition) is 5. The molecule has 2 fully saturated rings. The van der Waals surface area contributed by atoms with Crippen molar-refractivity contribution in [3.63, 3.8) is 0 Å². The van der Waals surface area contributed by atoms with Crippen LogP contribution in [-0.2, 0) is 14.2 Å². The van der Waals surface area contributed by atoms with Crippen molar-refractivity contribution in [1.29, 1.82) is 0 Å². The molecule has 2 aromatic carbocycles. The van der Waals surface area contributed by atoms with Gasteiger partial charge in [-0.2, -0.15) is 0 Å². The number of aromatic hydroxyl groups is 1. The topological polar surface area (TPSA) is 87.1 Å². The van der Waals surface area contributed by atoms with Crippen LogP contribution in [0.5, 0.6) is 5.75 Å². The first kappa shape index (κ1) is 25.5. The third-order valence-corrected chi connectivity index (χ3v) is 8.13. The van der Waals surface area contributed by atoms with Crippen LogP contribution in [0, 0.1) is 17.8 Å². The van der Waals surface area contributed by atoms with Gasteiger partial charge in [0.15, 0.2) is 0 Å². The summed E-state index contributed by atoms with van der Waals surface area (Å²) in [5.41, 5.74) is 5.59. The second-order valence-corrected chi connectivity index (χ2v) is 10.5. The maximum atomic E-state index is 13.1. The molecule has 7 heteroatoms. The highest BCUT2D eigenvalue weighted by atomic mass is 16.5. The minimum Gasteiger partial charge on any atom is -0.508 e. The van der Waals surface area contributed by atoms with Crippen LogP contribution < -0.4 is 0 Å². The molecular formula is C30H34BNO5. The third kappa shape index (κ3) is 5.03. The van der Waals surface area contributed by atoms with Gasteiger partial charge in [-0.25, -0.2) is 0 Å². The van der Waals surface area contributed by atoms with Gasteiger partial charge in [0.05, 0.1) is 17.9 Å². The lowest BCUT2D eigenvalue weighted by atomic mass is 9.58. The molecule has 0 radical (unpaired) electrons. The lowest BCUT2D eigenvalue weighted by Crippen LogP contribution is -2.46. The molecule has 4 atom stereocenters. The van der Waals surface area contributed by atoms with Crippen LogP contribution in [0.3, 0.4) is 0 Å². The fraction of sp³-hybridized carbons (Fsp3) is 0.400. The van der Waals surface area contributed by atoms with Crippen molar-refractivity contribution < 1.29 is 24.4 Å². The minimum atomic E-state index is -0.963. The molecular weight excluding hydrogens is 465 g/mol. The zero-order valence-corrected chi connectivity index (χ0v) is 21.5. The Kier molecular flexibility index (Phi) is 7.36. The van der Waals surface area contributed by atoms with Gasteiger partial charge in [-0.15, -0.1) is 0 Å². The molecule has 0 spiro atoms. The van der Waals surface area contributed by atoms with E-state index in [4.69, 9.17) is 4.65 Å². The van der Waals surface area contributed by atoms with Crippen molar-refractivity contribution >= 4 is 30.6 Å². The van der Waals surface area contributed by atoms with E-state index in [1.165, 1.54) is 10.5 Å². The van der Waals surface area contributed by atoms with Crippen molar-refractivity contribution in [2.24, 2.45) is 17.8 Å². The van der Waals surface area contributed by atoms with Gasteiger partial charge in [0.25, 0.3) is 0 Å². The Hall–Kier alpha value is -3.16. The summed E-state index contributed by atoms with van der Waals surface area (Å²) in [5, 5.41) is 20.4. The average Bonchev–Trinajstić information content (AvgIpc) is 3.11. The predicted octanol–water partition coefficient (Wildman–Crippen LogP) is 4.94. The number of imide groups is 1. The van der Waals surface area contributed by atoms with Crippen molar-refractivity contribution in [3.8, 4) is 5.75 Å². The molecule has 1 aliphatic carbocycles. The van der Waals surface area contributed by atoms with Crippen molar-refractivity contribution in [2.45, 2.75) is 51.5 Å². The van der Waals surface area contributed by atoms with E-state index in [-0.39, 0.29) is 35.5 Å². The Balaban J connectivity index is 1.47. The van der Waals surface area contributed by atoms with Gasteiger partial charge in [0, 0.05) is 7.05 Å². The molecule has 2 heterocycles. The number of likely N-dealkylation sites (tertiary alicyclic amines) is 1. The largest absolute Gasteiger partial charge is 0.508 e. The lowest BCUT2D eigenvalue weighted by molar-refractivity contribution is -0.138. The molecule has 2 N–H and O–H groups in total. The van der Waals surface area contributed by atoms with E-state index in [1.54, 1.807) is 19.2 Å². The Labute approximate surface area is 218 Å². The zero-order valence-electron chi connectivity index (χ0n) is 21.5. The molecule has 0 saturated carbocycles. The number of benzene rings is 2. The zero-order chi connectivity index (χ0) is 26.1. The van der Waals surface area contributed by atoms with Crippen LogP contribution in [-0.4, -0.2) is 47.1 Å². The van der Waals surface area contributed by atoms with Crippen LogP contribution in [0.2, 0.25) is 6.32 Å². The summed E-state index contributed by atoms with van der Waals surface area (Å²) in [6, 6.07) is 17.3. The summed E-state index contributed by atoms with van der Waals surface area (Å²) >= 11 is 0. The Morgan fingerprint density at radius 1 is 1.08 bits per heavy atom. The number of carbonyl (C=O) groups excluding carboxylic acids is 2. The predicted molar refractivity (Wildman–Crippen MR) is 144 cm³/mol. The molecule has 2 aromatic rings. The van der Waals surface area contributed by atoms with E-state index < -0.39 is 13.0 Å². The van der Waals surface area contributed by atoms with Gasteiger partial charge in [0.2, 0.25) is 11.8 Å². The Morgan fingerprint density at radius 2 is 1.81 bits per heavy atom. The number of allylic oxidation sites excluding steroid dienone is 2. The number of rotatable bonds is 7. The highest BCUT2D eigenvalue weighted by molar-refractivity contribution is 6.43. The first-order chi connectivity index (χ1) is 17.9. The molecule has 2 amide bonds. The van der Waals surface area contributed by atoms with E-state index in [0.717, 1.165) is 35.1 Å². The summed E-state index contributed by atoms with van der Waals surface area (Å²) in [4.78, 5) is 27.2. The number of amides is 2. The lowest BCUT2D eigenvalue weighted by Gasteiger charge is -2.43. The normalized spacial score (nSPS) is 26.0. The minimum absolute atomic E-state index is 0.0941. The molecule has 37 heavy (non-hydrogen) atoms. The fourth-order valence-electron chi connectivity index (χ4n) is 6.47. The van der Waals surface area contributed by atoms with E-state index in [2.05, 4.69) is 25.1 Å². The molecule has 5 rings (SSSR count). The second kappa shape index (κ2) is 10.7. The first-order valence-corrected chi connectivity index (χ1v) is 13.3. The van der Waals surface area contributed by atoms with Gasteiger partial charge in [-0.05, 0) is 72.3 Å². The average molecular weight is 499 g/mol. The maximum Gasteiger partial charge on any atom is 0.455 e. The van der Waals surface area contributed by atoms with Gasteiger partial charge < -0.3 is 14.8 Å². The number of nitrogens with zero attached hydrogens (tertiary/aromatic N) is 1. The summed E-state index contributed by atoms with van der Waals surface area (Å²) in [7, 11) is 0.616. The molecule has 0 bridgehead atoms. The molecule has 192 valence electrons. The van der Waals surface area contributed by atoms with Gasteiger partial charge in [-0.3, -0.25) is 14.5 Å². The monoisotopic (exact) mass is 499 g/mol. The van der Waals surface area contributed by atoms with E-state index in [0.29, 0.717) is 25.6 Å². The molecule has 6 nitrogen and oxygen atoms in total. The number of phenolic OH excluding ortho intramolecular Hbond substituents is 1. The van der Waals surface area contributed by atoms with Crippen LogP contribution >= 0.6 is 0 Å². The molecule has 0 aromatic heterocycles. The quantitative estimate of drug-likeness (QED) is 0.244. The van der Waals surface area contributed by atoms with Crippen LogP contribution in [0.4, 0.5) is 0 Å². The van der Waals surface area contributed by atoms with Crippen molar-refractivity contribution in [2.75, 3.05) is 7.05 Å². The molecule has 2 aliphatic heterocycles. The molecule has 2 saturated heterocycles. The highest BCUT2D eigenvalue weighted by Crippen LogP contribution is 2.51. The van der Waals surface area contributed by atoms with Gasteiger partial charge in [-0.1, -0.05) is 67.5 Å². The first-order valence-electron chi connectivity index (χ1n) is 13.3. The SMILES string of the molecule is CCCC1=C2[C@@H](CC/C(=C/c3ccc(O)cc3)c3ccccc3)OB(O)C[C@@H]2[C@@H]2C(=O)N(C)C(=O)[C@@H]2C1. The Bertz CT molecular complexity index is 1220.